The Balaban J connectivity index is -0.000000125. The molecule has 0 rings (SSSR count). The molecule has 0 atom stereocenters. The van der Waals surface area contributed by atoms with Gasteiger partial charge >= 0.3 is 11.9 Å². The molecule has 0 heterocycles. The maximum Gasteiger partial charge on any atom is 0.319 e. The molecule has 0 fully saturated rings. The van der Waals surface area contributed by atoms with Gasteiger partial charge in [0.05, 0.1) is 26.3 Å². The summed E-state index contributed by atoms with van der Waals surface area (Å²) in [4.78, 5) is 21.0. The van der Waals surface area contributed by atoms with Gasteiger partial charge in [-0.15, -0.1) is 12.4 Å². The number of rotatable bonds is 18. The third-order valence-electron chi connectivity index (χ3n) is 4.24. The van der Waals surface area contributed by atoms with Crippen molar-refractivity contribution >= 4 is 46.9 Å². The van der Waals surface area contributed by atoms with Gasteiger partial charge in [0, 0.05) is 0 Å². The Labute approximate surface area is 225 Å². The minimum absolute atomic E-state index is 0. The highest BCUT2D eigenvalue weighted by Gasteiger charge is 1.99. The third-order valence-corrected chi connectivity index (χ3v) is 5.00. The van der Waals surface area contributed by atoms with Crippen LogP contribution in [0.1, 0.15) is 112 Å². The molecule has 33 heavy (non-hydrogen) atoms. The fraction of sp³-hybridized carbons (Fsp3) is 0.920. The standard InChI is InChI=1S/C12H25NO2.C8H17I.C4H9NO2.CH4.ClH/c1-3-5-6-7-8-9-10-13-11-12(14)15-4-2;1-2-3-4-5-6-7-8-9;1-2-7-4(6)3-5;;/h13H,3-11H2,1-2H3;2-8H2,1H3;2-3,5H2,1H3;1H4;1H. The Kier molecular flexibility index (Phi) is 54.8. The predicted molar refractivity (Wildman–Crippen MR) is 155 cm³/mol. The first kappa shape index (κ1) is 43.0. The zero-order valence-electron chi connectivity index (χ0n) is 21.2. The van der Waals surface area contributed by atoms with Crippen LogP contribution in [-0.4, -0.2) is 49.2 Å². The smallest absolute Gasteiger partial charge is 0.319 e. The molecular weight excluding hydrogens is 555 g/mol. The summed E-state index contributed by atoms with van der Waals surface area (Å²) in [6.45, 7) is 10.2. The number of hydrogen-bond acceptors (Lipinski definition) is 6. The van der Waals surface area contributed by atoms with Crippen molar-refractivity contribution in [1.82, 2.24) is 5.32 Å². The molecule has 0 aliphatic carbocycles. The Hall–Kier alpha value is -0.120. The molecule has 0 spiro atoms. The van der Waals surface area contributed by atoms with Gasteiger partial charge in [0.15, 0.2) is 0 Å². The Morgan fingerprint density at radius 3 is 1.55 bits per heavy atom. The Bertz CT molecular complexity index is 359. The van der Waals surface area contributed by atoms with Crippen LogP contribution in [0.2, 0.25) is 0 Å². The lowest BCUT2D eigenvalue weighted by molar-refractivity contribution is -0.142. The van der Waals surface area contributed by atoms with Crippen LogP contribution in [0.3, 0.4) is 0 Å². The first-order valence-corrected chi connectivity index (χ1v) is 13.8. The van der Waals surface area contributed by atoms with Gasteiger partial charge in [-0.25, -0.2) is 0 Å². The van der Waals surface area contributed by atoms with E-state index in [0.717, 1.165) is 13.0 Å². The van der Waals surface area contributed by atoms with Crippen molar-refractivity contribution in [1.29, 1.82) is 0 Å². The average Bonchev–Trinajstić information content (AvgIpc) is 2.77. The molecule has 0 saturated carbocycles. The maximum absolute atomic E-state index is 10.9. The van der Waals surface area contributed by atoms with E-state index in [1.54, 1.807) is 6.92 Å². The highest BCUT2D eigenvalue weighted by molar-refractivity contribution is 14.1. The largest absolute Gasteiger partial charge is 0.465 e. The van der Waals surface area contributed by atoms with Gasteiger partial charge in [0.2, 0.25) is 0 Å². The number of nitrogens with one attached hydrogen (secondary N) is 1. The second kappa shape index (κ2) is 42.1. The fourth-order valence-electron chi connectivity index (χ4n) is 2.53. The van der Waals surface area contributed by atoms with Crippen LogP contribution in [0.25, 0.3) is 0 Å². The van der Waals surface area contributed by atoms with Gasteiger partial charge in [-0.2, -0.15) is 0 Å². The first-order chi connectivity index (χ1) is 15.0. The van der Waals surface area contributed by atoms with Gasteiger partial charge in [-0.3, -0.25) is 9.59 Å². The first-order valence-electron chi connectivity index (χ1n) is 12.3. The minimum Gasteiger partial charge on any atom is -0.465 e. The van der Waals surface area contributed by atoms with Crippen LogP contribution in [-0.2, 0) is 19.1 Å². The lowest BCUT2D eigenvalue weighted by atomic mass is 10.1. The number of halogens is 2. The van der Waals surface area contributed by atoms with Crippen molar-refractivity contribution in [2.45, 2.75) is 112 Å². The van der Waals surface area contributed by atoms with Crippen molar-refractivity contribution in [3.05, 3.63) is 0 Å². The van der Waals surface area contributed by atoms with Crippen molar-refractivity contribution < 1.29 is 19.1 Å². The maximum atomic E-state index is 10.9. The van der Waals surface area contributed by atoms with E-state index in [0.29, 0.717) is 19.8 Å². The third kappa shape index (κ3) is 49.9. The van der Waals surface area contributed by atoms with Gasteiger partial charge in [-0.05, 0) is 37.7 Å². The molecule has 0 bridgehead atoms. The molecule has 0 aliphatic heterocycles. The highest BCUT2D eigenvalue weighted by Crippen LogP contribution is 2.05. The number of carbonyl (C=O) groups is 2. The normalized spacial score (nSPS) is 9.15. The van der Waals surface area contributed by atoms with Crippen molar-refractivity contribution in [3.8, 4) is 0 Å². The molecule has 0 unspecified atom stereocenters. The van der Waals surface area contributed by atoms with Gasteiger partial charge < -0.3 is 20.5 Å². The van der Waals surface area contributed by atoms with E-state index in [9.17, 15) is 9.59 Å². The Morgan fingerprint density at radius 1 is 0.727 bits per heavy atom. The van der Waals surface area contributed by atoms with Crippen molar-refractivity contribution in [3.63, 3.8) is 0 Å². The molecule has 8 heteroatoms. The molecule has 0 aromatic heterocycles. The number of unbranched alkanes of at least 4 members (excludes halogenated alkanes) is 10. The monoisotopic (exact) mass is 610 g/mol. The second-order valence-electron chi connectivity index (χ2n) is 7.22. The highest BCUT2D eigenvalue weighted by atomic mass is 127. The summed E-state index contributed by atoms with van der Waals surface area (Å²) >= 11 is 2.45. The zero-order chi connectivity index (χ0) is 24.0. The molecular formula is C25H56ClIN2O4. The summed E-state index contributed by atoms with van der Waals surface area (Å²) in [7, 11) is 0. The van der Waals surface area contributed by atoms with E-state index in [1.807, 2.05) is 6.92 Å². The van der Waals surface area contributed by atoms with Gasteiger partial charge in [0.1, 0.15) is 0 Å². The van der Waals surface area contributed by atoms with Crippen LogP contribution in [0, 0.1) is 0 Å². The number of nitrogens with two attached hydrogens (primary N) is 1. The second-order valence-corrected chi connectivity index (χ2v) is 8.29. The van der Waals surface area contributed by atoms with E-state index in [2.05, 4.69) is 46.5 Å². The molecule has 0 saturated heterocycles. The lowest BCUT2D eigenvalue weighted by Crippen LogP contribution is -2.25. The molecule has 0 aromatic rings. The predicted octanol–water partition coefficient (Wildman–Crippen LogP) is 6.85. The summed E-state index contributed by atoms with van der Waals surface area (Å²) in [5.74, 6) is -0.494. The van der Waals surface area contributed by atoms with Crippen molar-refractivity contribution in [2.75, 3.05) is 37.3 Å². The summed E-state index contributed by atoms with van der Waals surface area (Å²) < 4.78 is 10.6. The average molecular weight is 611 g/mol. The summed E-state index contributed by atoms with van der Waals surface area (Å²) in [5.41, 5.74) is 4.88. The Morgan fingerprint density at radius 2 is 1.15 bits per heavy atom. The summed E-state index contributed by atoms with van der Waals surface area (Å²) in [6.07, 6.45) is 16.3. The van der Waals surface area contributed by atoms with Crippen LogP contribution < -0.4 is 11.1 Å². The molecule has 0 aliphatic rings. The fourth-order valence-corrected chi connectivity index (χ4v) is 3.07. The summed E-state index contributed by atoms with van der Waals surface area (Å²) in [6, 6.07) is 0. The van der Waals surface area contributed by atoms with Crippen LogP contribution >= 0.6 is 35.0 Å². The number of ether oxygens (including phenoxy) is 2. The van der Waals surface area contributed by atoms with Gasteiger partial charge in [0.25, 0.3) is 0 Å². The topological polar surface area (TPSA) is 90.6 Å². The quantitative estimate of drug-likeness (QED) is 0.0764. The summed E-state index contributed by atoms with van der Waals surface area (Å²) in [5, 5.41) is 3.09. The number of alkyl halides is 1. The van der Waals surface area contributed by atoms with E-state index in [4.69, 9.17) is 10.5 Å². The molecule has 6 nitrogen and oxygen atoms in total. The molecule has 3 N–H and O–H groups in total. The van der Waals surface area contributed by atoms with Gasteiger partial charge in [-0.1, -0.05) is 108 Å². The van der Waals surface area contributed by atoms with Crippen molar-refractivity contribution in [2.24, 2.45) is 5.73 Å². The molecule has 0 radical (unpaired) electrons. The minimum atomic E-state index is -0.345. The van der Waals surface area contributed by atoms with E-state index in [1.165, 1.54) is 75.1 Å². The SMILES string of the molecule is C.CCCCCCCCI.CCCCCCCCNCC(=O)OCC.CCOC(=O)CN.Cl. The van der Waals surface area contributed by atoms with Crippen LogP contribution in [0.4, 0.5) is 0 Å². The van der Waals surface area contributed by atoms with E-state index < -0.39 is 0 Å². The number of hydrogen-bond donors (Lipinski definition) is 2. The zero-order valence-corrected chi connectivity index (χ0v) is 24.2. The lowest BCUT2D eigenvalue weighted by Gasteiger charge is -2.04. The number of carbonyl (C=O) groups excluding carboxylic acids is 2. The van der Waals surface area contributed by atoms with Crippen LogP contribution in [0.15, 0.2) is 0 Å². The molecule has 0 aromatic carbocycles. The van der Waals surface area contributed by atoms with E-state index >= 15 is 0 Å². The molecule has 0 amide bonds. The van der Waals surface area contributed by atoms with E-state index in [-0.39, 0.29) is 38.3 Å². The number of esters is 2. The van der Waals surface area contributed by atoms with Crippen LogP contribution in [0.5, 0.6) is 0 Å². The molecule has 204 valence electrons.